The number of ether oxygens (including phenoxy) is 1. The molecule has 4 heteroatoms. The number of benzene rings is 2. The van der Waals surface area contributed by atoms with E-state index in [0.717, 1.165) is 11.1 Å². The summed E-state index contributed by atoms with van der Waals surface area (Å²) >= 11 is 18.1. The summed E-state index contributed by atoms with van der Waals surface area (Å²) in [5.74, 6) is 0.559. The van der Waals surface area contributed by atoms with Gasteiger partial charge in [-0.05, 0) is 23.8 Å². The highest BCUT2D eigenvalue weighted by atomic mass is 35.5. The van der Waals surface area contributed by atoms with Gasteiger partial charge in [0.2, 0.25) is 0 Å². The molecule has 0 atom stereocenters. The molecule has 88 valence electrons. The van der Waals surface area contributed by atoms with Crippen LogP contribution in [-0.2, 0) is 0 Å². The van der Waals surface area contributed by atoms with Crippen molar-refractivity contribution in [3.05, 3.63) is 51.5 Å². The first-order valence-corrected chi connectivity index (χ1v) is 6.04. The standard InChI is InChI=1S/C13H9Cl3O/c1-17-12-7-10(15)6-11(13(12)16)8-2-4-9(14)5-3-8/h2-7H,1H3. The molecule has 2 rings (SSSR count). The molecule has 0 aliphatic rings. The summed E-state index contributed by atoms with van der Waals surface area (Å²) in [6, 6.07) is 10.9. The van der Waals surface area contributed by atoms with Crippen LogP contribution in [0.4, 0.5) is 0 Å². The van der Waals surface area contributed by atoms with Crippen molar-refractivity contribution in [1.29, 1.82) is 0 Å². The van der Waals surface area contributed by atoms with Crippen LogP contribution in [0.25, 0.3) is 11.1 Å². The molecule has 2 aromatic rings. The summed E-state index contributed by atoms with van der Waals surface area (Å²) in [5, 5.41) is 1.80. The highest BCUT2D eigenvalue weighted by Gasteiger charge is 2.10. The molecule has 0 bridgehead atoms. The minimum absolute atomic E-state index is 0.541. The fourth-order valence-electron chi connectivity index (χ4n) is 1.55. The molecule has 0 spiro atoms. The molecule has 0 amide bonds. The summed E-state index contributed by atoms with van der Waals surface area (Å²) in [6.07, 6.45) is 0. The molecule has 1 nitrogen and oxygen atoms in total. The largest absolute Gasteiger partial charge is 0.495 e. The van der Waals surface area contributed by atoms with Crippen molar-refractivity contribution in [2.45, 2.75) is 0 Å². The first-order valence-electron chi connectivity index (χ1n) is 4.91. The fraction of sp³-hybridized carbons (Fsp3) is 0.0769. The van der Waals surface area contributed by atoms with Crippen LogP contribution < -0.4 is 4.74 Å². The molecule has 0 N–H and O–H groups in total. The normalized spacial score (nSPS) is 10.4. The molecule has 0 saturated carbocycles. The summed E-state index contributed by atoms with van der Waals surface area (Å²) in [5.41, 5.74) is 1.77. The van der Waals surface area contributed by atoms with Crippen LogP contribution in [0.3, 0.4) is 0 Å². The quantitative estimate of drug-likeness (QED) is 0.726. The Labute approximate surface area is 115 Å². The Hall–Kier alpha value is -0.890. The second-order valence-electron chi connectivity index (χ2n) is 3.48. The predicted octanol–water partition coefficient (Wildman–Crippen LogP) is 5.32. The summed E-state index contributed by atoms with van der Waals surface area (Å²) in [4.78, 5) is 0. The van der Waals surface area contributed by atoms with Crippen LogP contribution >= 0.6 is 34.8 Å². The topological polar surface area (TPSA) is 9.23 Å². The van der Waals surface area contributed by atoms with E-state index in [0.29, 0.717) is 20.8 Å². The summed E-state index contributed by atoms with van der Waals surface area (Å²) < 4.78 is 5.17. The zero-order chi connectivity index (χ0) is 12.4. The fourth-order valence-corrected chi connectivity index (χ4v) is 2.18. The van der Waals surface area contributed by atoms with Gasteiger partial charge in [-0.1, -0.05) is 46.9 Å². The molecule has 0 heterocycles. The molecule has 0 aromatic heterocycles. The number of halogens is 3. The van der Waals surface area contributed by atoms with Gasteiger partial charge in [0.25, 0.3) is 0 Å². The molecule has 0 unspecified atom stereocenters. The molecular formula is C13H9Cl3O. The van der Waals surface area contributed by atoms with Gasteiger partial charge < -0.3 is 4.74 Å². The number of rotatable bonds is 2. The van der Waals surface area contributed by atoms with Gasteiger partial charge in [0.15, 0.2) is 0 Å². The van der Waals surface area contributed by atoms with Crippen LogP contribution in [0.15, 0.2) is 36.4 Å². The first-order chi connectivity index (χ1) is 8.11. The first kappa shape index (κ1) is 12.6. The maximum atomic E-state index is 6.24. The summed E-state index contributed by atoms with van der Waals surface area (Å²) in [6.45, 7) is 0. The van der Waals surface area contributed by atoms with Gasteiger partial charge in [-0.2, -0.15) is 0 Å². The minimum atomic E-state index is 0.541. The van der Waals surface area contributed by atoms with Crippen LogP contribution in [0.2, 0.25) is 15.1 Å². The maximum absolute atomic E-state index is 6.24. The van der Waals surface area contributed by atoms with E-state index < -0.39 is 0 Å². The van der Waals surface area contributed by atoms with Crippen LogP contribution in [-0.4, -0.2) is 7.11 Å². The van der Waals surface area contributed by atoms with Crippen molar-refractivity contribution in [1.82, 2.24) is 0 Å². The van der Waals surface area contributed by atoms with Gasteiger partial charge in [0.05, 0.1) is 12.1 Å². The Morgan fingerprint density at radius 3 is 2.12 bits per heavy atom. The maximum Gasteiger partial charge on any atom is 0.139 e. The van der Waals surface area contributed by atoms with E-state index in [-0.39, 0.29) is 0 Å². The van der Waals surface area contributed by atoms with Gasteiger partial charge in [0, 0.05) is 21.7 Å². The third kappa shape index (κ3) is 2.68. The molecular weight excluding hydrogens is 279 g/mol. The Balaban J connectivity index is 2.58. The number of hydrogen-bond acceptors (Lipinski definition) is 1. The second-order valence-corrected chi connectivity index (χ2v) is 4.73. The zero-order valence-corrected chi connectivity index (χ0v) is 11.3. The Kier molecular flexibility index (Phi) is 3.82. The van der Waals surface area contributed by atoms with Gasteiger partial charge in [-0.25, -0.2) is 0 Å². The monoisotopic (exact) mass is 286 g/mol. The molecule has 0 aliphatic carbocycles. The van der Waals surface area contributed by atoms with Gasteiger partial charge in [-0.3, -0.25) is 0 Å². The average Bonchev–Trinajstić information content (AvgIpc) is 2.33. The third-order valence-corrected chi connectivity index (χ3v) is 3.24. The second kappa shape index (κ2) is 5.18. The van der Waals surface area contributed by atoms with Gasteiger partial charge in [-0.15, -0.1) is 0 Å². The lowest BCUT2D eigenvalue weighted by Gasteiger charge is -2.10. The Bertz CT molecular complexity index is 535. The lowest BCUT2D eigenvalue weighted by atomic mass is 10.1. The SMILES string of the molecule is COc1cc(Cl)cc(-c2ccc(Cl)cc2)c1Cl. The van der Waals surface area contributed by atoms with Crippen molar-refractivity contribution >= 4 is 34.8 Å². The van der Waals surface area contributed by atoms with Crippen LogP contribution in [0.5, 0.6) is 5.75 Å². The third-order valence-electron chi connectivity index (χ3n) is 2.38. The molecule has 0 saturated heterocycles. The van der Waals surface area contributed by atoms with Crippen molar-refractivity contribution in [2.75, 3.05) is 7.11 Å². The van der Waals surface area contributed by atoms with Gasteiger partial charge in [0.1, 0.15) is 5.75 Å². The molecule has 17 heavy (non-hydrogen) atoms. The molecule has 0 aliphatic heterocycles. The molecule has 0 radical (unpaired) electrons. The van der Waals surface area contributed by atoms with Gasteiger partial charge >= 0.3 is 0 Å². The van der Waals surface area contributed by atoms with Crippen molar-refractivity contribution in [3.8, 4) is 16.9 Å². The highest BCUT2D eigenvalue weighted by molar-refractivity contribution is 6.36. The average molecular weight is 288 g/mol. The van der Waals surface area contributed by atoms with Crippen LogP contribution in [0, 0.1) is 0 Å². The van der Waals surface area contributed by atoms with Crippen molar-refractivity contribution in [2.24, 2.45) is 0 Å². The Morgan fingerprint density at radius 2 is 1.53 bits per heavy atom. The lowest BCUT2D eigenvalue weighted by molar-refractivity contribution is 0.415. The van der Waals surface area contributed by atoms with E-state index in [1.165, 1.54) is 0 Å². The van der Waals surface area contributed by atoms with Crippen LogP contribution in [0.1, 0.15) is 0 Å². The minimum Gasteiger partial charge on any atom is -0.495 e. The van der Waals surface area contributed by atoms with E-state index in [1.54, 1.807) is 31.4 Å². The molecule has 0 fully saturated rings. The van der Waals surface area contributed by atoms with Crippen molar-refractivity contribution < 1.29 is 4.74 Å². The highest BCUT2D eigenvalue weighted by Crippen LogP contribution is 2.38. The molecule has 2 aromatic carbocycles. The van der Waals surface area contributed by atoms with E-state index in [1.807, 2.05) is 12.1 Å². The van der Waals surface area contributed by atoms with Crippen molar-refractivity contribution in [3.63, 3.8) is 0 Å². The predicted molar refractivity (Wildman–Crippen MR) is 73.5 cm³/mol. The number of methoxy groups -OCH3 is 1. The smallest absolute Gasteiger partial charge is 0.139 e. The lowest BCUT2D eigenvalue weighted by Crippen LogP contribution is -1.87. The van der Waals surface area contributed by atoms with E-state index >= 15 is 0 Å². The van der Waals surface area contributed by atoms with E-state index in [9.17, 15) is 0 Å². The van der Waals surface area contributed by atoms with E-state index in [2.05, 4.69) is 0 Å². The number of hydrogen-bond donors (Lipinski definition) is 0. The van der Waals surface area contributed by atoms with E-state index in [4.69, 9.17) is 39.5 Å². The summed E-state index contributed by atoms with van der Waals surface area (Å²) in [7, 11) is 1.56. The Morgan fingerprint density at radius 1 is 0.882 bits per heavy atom. The zero-order valence-electron chi connectivity index (χ0n) is 9.01.